The lowest BCUT2D eigenvalue weighted by Crippen LogP contribution is -2.05. The molecule has 1 unspecified atom stereocenters. The molecule has 0 aromatic heterocycles. The lowest BCUT2D eigenvalue weighted by Gasteiger charge is -2.10. The number of aliphatic carboxylic acids is 1. The van der Waals surface area contributed by atoms with Gasteiger partial charge in [0.05, 0.1) is 6.10 Å². The summed E-state index contributed by atoms with van der Waals surface area (Å²) >= 11 is 0. The van der Waals surface area contributed by atoms with Crippen molar-refractivity contribution in [2.24, 2.45) is 0 Å². The Labute approximate surface area is 188 Å². The summed E-state index contributed by atoms with van der Waals surface area (Å²) in [5.74, 6) is -0.660. The minimum absolute atomic E-state index is 0.0547. The third kappa shape index (κ3) is 25.5. The molecule has 0 spiro atoms. The normalized spacial score (nSPS) is 12.3. The van der Waals surface area contributed by atoms with E-state index in [1.165, 1.54) is 122 Å². The van der Waals surface area contributed by atoms with Crippen LogP contribution in [0.4, 0.5) is 0 Å². The van der Waals surface area contributed by atoms with Gasteiger partial charge >= 0.3 is 5.97 Å². The molecule has 0 aliphatic carbocycles. The van der Waals surface area contributed by atoms with Crippen molar-refractivity contribution in [3.63, 3.8) is 0 Å². The van der Waals surface area contributed by atoms with E-state index in [9.17, 15) is 9.90 Å². The van der Waals surface area contributed by atoms with Crippen LogP contribution < -0.4 is 0 Å². The van der Waals surface area contributed by atoms with Crippen LogP contribution in [0.5, 0.6) is 0 Å². The molecule has 180 valence electrons. The summed E-state index contributed by atoms with van der Waals surface area (Å²) in [6, 6.07) is 0. The van der Waals surface area contributed by atoms with Crippen molar-refractivity contribution >= 4 is 5.97 Å². The van der Waals surface area contributed by atoms with Crippen molar-refractivity contribution in [1.29, 1.82) is 0 Å². The van der Waals surface area contributed by atoms with E-state index >= 15 is 0 Å². The number of carboxylic acid groups (broad SMARTS) is 1. The summed E-state index contributed by atoms with van der Waals surface area (Å²) in [7, 11) is 0. The van der Waals surface area contributed by atoms with Crippen LogP contribution in [0.1, 0.15) is 161 Å². The van der Waals surface area contributed by atoms with Crippen molar-refractivity contribution in [1.82, 2.24) is 0 Å². The predicted octanol–water partition coefficient (Wildman–Crippen LogP) is 8.81. The Morgan fingerprint density at radius 3 is 1.17 bits per heavy atom. The SMILES string of the molecule is CCCCCCCCC(O)CCCCCCCCCCCCCCCCCC(=O)O. The van der Waals surface area contributed by atoms with Gasteiger partial charge in [-0.15, -0.1) is 0 Å². The second-order valence-electron chi connectivity index (χ2n) is 9.45. The van der Waals surface area contributed by atoms with Gasteiger partial charge in [-0.2, -0.15) is 0 Å². The predicted molar refractivity (Wildman–Crippen MR) is 130 cm³/mol. The first-order valence-corrected chi connectivity index (χ1v) is 13.6. The van der Waals surface area contributed by atoms with Gasteiger partial charge < -0.3 is 10.2 Å². The molecule has 3 nitrogen and oxygen atoms in total. The molecule has 0 bridgehead atoms. The van der Waals surface area contributed by atoms with Crippen LogP contribution in [0.3, 0.4) is 0 Å². The highest BCUT2D eigenvalue weighted by molar-refractivity contribution is 5.66. The van der Waals surface area contributed by atoms with Gasteiger partial charge in [0.1, 0.15) is 0 Å². The fraction of sp³-hybridized carbons (Fsp3) is 0.963. The van der Waals surface area contributed by atoms with E-state index in [-0.39, 0.29) is 6.10 Å². The monoisotopic (exact) mass is 426 g/mol. The fourth-order valence-corrected chi connectivity index (χ4v) is 4.26. The first-order valence-electron chi connectivity index (χ1n) is 13.6. The van der Waals surface area contributed by atoms with Crippen molar-refractivity contribution in [3.8, 4) is 0 Å². The summed E-state index contributed by atoms with van der Waals surface area (Å²) in [6.07, 6.45) is 29.3. The van der Waals surface area contributed by atoms with Crippen molar-refractivity contribution in [2.75, 3.05) is 0 Å². The number of hydrogen-bond acceptors (Lipinski definition) is 2. The first kappa shape index (κ1) is 29.4. The van der Waals surface area contributed by atoms with Crippen LogP contribution in [0, 0.1) is 0 Å². The molecule has 0 saturated heterocycles. The molecule has 0 radical (unpaired) electrons. The highest BCUT2D eigenvalue weighted by Gasteiger charge is 2.03. The summed E-state index contributed by atoms with van der Waals surface area (Å²) in [5, 5.41) is 18.7. The number of hydrogen-bond donors (Lipinski definition) is 2. The number of aliphatic hydroxyl groups excluding tert-OH is 1. The van der Waals surface area contributed by atoms with E-state index in [2.05, 4.69) is 6.92 Å². The minimum atomic E-state index is -0.660. The lowest BCUT2D eigenvalue weighted by molar-refractivity contribution is -0.137. The molecular formula is C27H54O3. The maximum absolute atomic E-state index is 10.4. The van der Waals surface area contributed by atoms with Gasteiger partial charge in [0.25, 0.3) is 0 Å². The molecule has 0 heterocycles. The maximum Gasteiger partial charge on any atom is 0.303 e. The molecule has 1 atom stereocenters. The van der Waals surface area contributed by atoms with Crippen LogP contribution in [0.2, 0.25) is 0 Å². The van der Waals surface area contributed by atoms with E-state index in [1.54, 1.807) is 0 Å². The summed E-state index contributed by atoms with van der Waals surface area (Å²) in [4.78, 5) is 10.4. The zero-order chi connectivity index (χ0) is 22.1. The van der Waals surface area contributed by atoms with Crippen LogP contribution in [0.25, 0.3) is 0 Å². The smallest absolute Gasteiger partial charge is 0.303 e. The number of carboxylic acids is 1. The van der Waals surface area contributed by atoms with Gasteiger partial charge in [0.15, 0.2) is 0 Å². The zero-order valence-corrected chi connectivity index (χ0v) is 20.4. The highest BCUT2D eigenvalue weighted by Crippen LogP contribution is 2.16. The number of aliphatic hydroxyl groups is 1. The zero-order valence-electron chi connectivity index (χ0n) is 20.4. The molecular weight excluding hydrogens is 372 g/mol. The maximum atomic E-state index is 10.4. The topological polar surface area (TPSA) is 57.5 Å². The molecule has 0 amide bonds. The highest BCUT2D eigenvalue weighted by atomic mass is 16.4. The number of rotatable bonds is 25. The molecule has 0 aromatic rings. The molecule has 2 N–H and O–H groups in total. The van der Waals surface area contributed by atoms with E-state index < -0.39 is 5.97 Å². The summed E-state index contributed by atoms with van der Waals surface area (Å²) in [5.41, 5.74) is 0. The minimum Gasteiger partial charge on any atom is -0.481 e. The summed E-state index contributed by atoms with van der Waals surface area (Å²) in [6.45, 7) is 2.25. The Morgan fingerprint density at radius 1 is 0.533 bits per heavy atom. The Balaban J connectivity index is 3.11. The van der Waals surface area contributed by atoms with Crippen molar-refractivity contribution in [2.45, 2.75) is 167 Å². The Kier molecular flexibility index (Phi) is 24.2. The standard InChI is InChI=1S/C27H54O3/c1-2-3-4-5-17-20-23-26(28)24-21-18-15-13-11-9-7-6-8-10-12-14-16-19-22-25-27(29)30/h26,28H,2-25H2,1H3,(H,29,30). The summed E-state index contributed by atoms with van der Waals surface area (Å²) < 4.78 is 0. The number of carbonyl (C=O) groups is 1. The fourth-order valence-electron chi connectivity index (χ4n) is 4.26. The Hall–Kier alpha value is -0.570. The van der Waals surface area contributed by atoms with Crippen LogP contribution in [-0.4, -0.2) is 22.3 Å². The molecule has 0 aromatic carbocycles. The lowest BCUT2D eigenvalue weighted by atomic mass is 10.0. The number of unbranched alkanes of at least 4 members (excludes halogenated alkanes) is 19. The Morgan fingerprint density at radius 2 is 0.833 bits per heavy atom. The molecule has 0 aliphatic heterocycles. The van der Waals surface area contributed by atoms with Crippen LogP contribution in [0.15, 0.2) is 0 Å². The molecule has 0 aliphatic rings. The van der Waals surface area contributed by atoms with Gasteiger partial charge in [-0.1, -0.05) is 135 Å². The molecule has 0 fully saturated rings. The Bertz CT molecular complexity index is 343. The van der Waals surface area contributed by atoms with E-state index in [4.69, 9.17) is 5.11 Å². The van der Waals surface area contributed by atoms with Gasteiger partial charge in [-0.3, -0.25) is 4.79 Å². The van der Waals surface area contributed by atoms with Crippen LogP contribution in [-0.2, 0) is 4.79 Å². The van der Waals surface area contributed by atoms with Crippen molar-refractivity contribution in [3.05, 3.63) is 0 Å². The molecule has 0 rings (SSSR count). The quantitative estimate of drug-likeness (QED) is 0.143. The molecule has 0 saturated carbocycles. The second-order valence-corrected chi connectivity index (χ2v) is 9.45. The van der Waals surface area contributed by atoms with E-state index in [0.29, 0.717) is 6.42 Å². The van der Waals surface area contributed by atoms with Gasteiger partial charge in [0, 0.05) is 6.42 Å². The average molecular weight is 427 g/mol. The van der Waals surface area contributed by atoms with Crippen molar-refractivity contribution < 1.29 is 15.0 Å². The van der Waals surface area contributed by atoms with E-state index in [1.807, 2.05) is 0 Å². The molecule has 30 heavy (non-hydrogen) atoms. The van der Waals surface area contributed by atoms with Crippen LogP contribution >= 0.6 is 0 Å². The third-order valence-electron chi connectivity index (χ3n) is 6.32. The van der Waals surface area contributed by atoms with Gasteiger partial charge in [0.2, 0.25) is 0 Å². The third-order valence-corrected chi connectivity index (χ3v) is 6.32. The largest absolute Gasteiger partial charge is 0.481 e. The second kappa shape index (κ2) is 24.7. The molecule has 3 heteroatoms. The first-order chi connectivity index (χ1) is 14.7. The van der Waals surface area contributed by atoms with E-state index in [0.717, 1.165) is 25.7 Å². The van der Waals surface area contributed by atoms with Gasteiger partial charge in [-0.05, 0) is 19.3 Å². The van der Waals surface area contributed by atoms with Gasteiger partial charge in [-0.25, -0.2) is 0 Å². The average Bonchev–Trinajstić information content (AvgIpc) is 2.72.